The number of hydrogen-bond donors (Lipinski definition) is 1. The summed E-state index contributed by atoms with van der Waals surface area (Å²) in [5.74, 6) is 0. The topological polar surface area (TPSA) is 29.9 Å². The minimum absolute atomic E-state index is 0.354. The Morgan fingerprint density at radius 1 is 1.29 bits per heavy atom. The number of hydrogen-bond acceptors (Lipinski definition) is 2. The van der Waals surface area contributed by atoms with Gasteiger partial charge in [-0.1, -0.05) is 36.2 Å². The lowest BCUT2D eigenvalue weighted by Crippen LogP contribution is -2.31. The predicted molar refractivity (Wildman–Crippen MR) is 89.2 cm³/mol. The van der Waals surface area contributed by atoms with Gasteiger partial charge in [-0.15, -0.1) is 0 Å². The van der Waals surface area contributed by atoms with Crippen molar-refractivity contribution in [2.24, 2.45) is 7.05 Å². The van der Waals surface area contributed by atoms with Crippen LogP contribution < -0.4 is 5.32 Å². The van der Waals surface area contributed by atoms with E-state index in [0.717, 1.165) is 41.4 Å². The lowest BCUT2D eigenvalue weighted by molar-refractivity contribution is 0.491. The van der Waals surface area contributed by atoms with Crippen LogP contribution in [0.5, 0.6) is 0 Å². The van der Waals surface area contributed by atoms with Crippen LogP contribution in [0.2, 0.25) is 10.0 Å². The number of aryl methyl sites for hydroxylation is 2. The molecule has 0 saturated carbocycles. The van der Waals surface area contributed by atoms with Crippen LogP contribution in [0.25, 0.3) is 0 Å². The number of aromatic nitrogens is 2. The molecule has 0 bridgehead atoms. The number of benzene rings is 1. The molecule has 5 heteroatoms. The molecule has 1 atom stereocenters. The van der Waals surface area contributed by atoms with Gasteiger partial charge in [0, 0.05) is 29.3 Å². The third-order valence-electron chi connectivity index (χ3n) is 3.54. The second-order valence-electron chi connectivity index (χ2n) is 5.22. The highest BCUT2D eigenvalue weighted by molar-refractivity contribution is 6.36. The molecule has 0 saturated heterocycles. The van der Waals surface area contributed by atoms with Crippen molar-refractivity contribution < 1.29 is 0 Å². The van der Waals surface area contributed by atoms with E-state index in [0.29, 0.717) is 6.04 Å². The first-order valence-corrected chi connectivity index (χ1v) is 7.99. The Kier molecular flexibility index (Phi) is 6.09. The molecule has 1 heterocycles. The van der Waals surface area contributed by atoms with Gasteiger partial charge in [0.05, 0.1) is 6.20 Å². The van der Waals surface area contributed by atoms with E-state index in [1.165, 1.54) is 5.56 Å². The molecule has 0 aliphatic heterocycles. The van der Waals surface area contributed by atoms with Gasteiger partial charge in [-0.2, -0.15) is 5.10 Å². The summed E-state index contributed by atoms with van der Waals surface area (Å²) in [6.07, 6.45) is 6.85. The van der Waals surface area contributed by atoms with E-state index >= 15 is 0 Å². The van der Waals surface area contributed by atoms with Gasteiger partial charge in [-0.05, 0) is 49.1 Å². The van der Waals surface area contributed by atoms with E-state index in [-0.39, 0.29) is 0 Å². The molecule has 0 radical (unpaired) electrons. The summed E-state index contributed by atoms with van der Waals surface area (Å²) in [6, 6.07) is 6.03. The molecule has 0 spiro atoms. The summed E-state index contributed by atoms with van der Waals surface area (Å²) >= 11 is 12.5. The van der Waals surface area contributed by atoms with Gasteiger partial charge in [0.2, 0.25) is 0 Å². The Morgan fingerprint density at radius 3 is 2.57 bits per heavy atom. The summed E-state index contributed by atoms with van der Waals surface area (Å²) in [5, 5.41) is 9.21. The molecule has 0 aliphatic carbocycles. The van der Waals surface area contributed by atoms with E-state index in [1.54, 1.807) is 0 Å². The van der Waals surface area contributed by atoms with Crippen LogP contribution in [-0.4, -0.2) is 22.4 Å². The number of nitrogens with one attached hydrogen (secondary N) is 1. The highest BCUT2D eigenvalue weighted by Crippen LogP contribution is 2.26. The van der Waals surface area contributed by atoms with Gasteiger partial charge in [0.25, 0.3) is 0 Å². The van der Waals surface area contributed by atoms with Crippen LogP contribution in [-0.2, 0) is 19.9 Å². The van der Waals surface area contributed by atoms with Crippen molar-refractivity contribution in [3.8, 4) is 0 Å². The normalized spacial score (nSPS) is 12.6. The summed E-state index contributed by atoms with van der Waals surface area (Å²) in [5.41, 5.74) is 2.28. The van der Waals surface area contributed by atoms with Gasteiger partial charge < -0.3 is 5.32 Å². The lowest BCUT2D eigenvalue weighted by atomic mass is 10.00. The zero-order chi connectivity index (χ0) is 15.2. The first kappa shape index (κ1) is 16.3. The van der Waals surface area contributed by atoms with Gasteiger partial charge in [0.15, 0.2) is 0 Å². The molecule has 2 rings (SSSR count). The molecule has 0 fully saturated rings. The molecule has 2 aromatic rings. The quantitative estimate of drug-likeness (QED) is 0.837. The van der Waals surface area contributed by atoms with E-state index < -0.39 is 0 Å². The number of halogens is 2. The predicted octanol–water partition coefficient (Wildman–Crippen LogP) is 3.88. The Morgan fingerprint density at radius 2 is 2.00 bits per heavy atom. The monoisotopic (exact) mass is 325 g/mol. The molecule has 1 aromatic heterocycles. The van der Waals surface area contributed by atoms with Crippen LogP contribution in [0.15, 0.2) is 30.6 Å². The molecule has 1 N–H and O–H groups in total. The van der Waals surface area contributed by atoms with E-state index in [9.17, 15) is 0 Å². The van der Waals surface area contributed by atoms with Crippen LogP contribution in [0.1, 0.15) is 24.5 Å². The smallest absolute Gasteiger partial charge is 0.0521 e. The largest absolute Gasteiger partial charge is 0.314 e. The molecule has 3 nitrogen and oxygen atoms in total. The number of nitrogens with zero attached hydrogens (tertiary/aromatic N) is 2. The first-order chi connectivity index (χ1) is 10.1. The van der Waals surface area contributed by atoms with Crippen LogP contribution in [0.4, 0.5) is 0 Å². The van der Waals surface area contributed by atoms with Crippen molar-refractivity contribution in [3.05, 3.63) is 51.8 Å². The van der Waals surface area contributed by atoms with Gasteiger partial charge in [-0.25, -0.2) is 0 Å². The van der Waals surface area contributed by atoms with Crippen molar-refractivity contribution >= 4 is 23.2 Å². The fourth-order valence-electron chi connectivity index (χ4n) is 2.48. The second kappa shape index (κ2) is 7.83. The Hall–Kier alpha value is -1.03. The fraction of sp³-hybridized carbons (Fsp3) is 0.438. The zero-order valence-corrected chi connectivity index (χ0v) is 14.0. The maximum Gasteiger partial charge on any atom is 0.0521 e. The third-order valence-corrected chi connectivity index (χ3v) is 4.25. The maximum absolute atomic E-state index is 6.27. The van der Waals surface area contributed by atoms with Crippen molar-refractivity contribution in [2.45, 2.75) is 32.2 Å². The lowest BCUT2D eigenvalue weighted by Gasteiger charge is -2.19. The van der Waals surface area contributed by atoms with E-state index in [1.807, 2.05) is 36.1 Å². The molecule has 1 unspecified atom stereocenters. The number of likely N-dealkylation sites (N-methyl/N-ethyl adjacent to an activating group) is 1. The summed E-state index contributed by atoms with van der Waals surface area (Å²) in [7, 11) is 1.94. The molecule has 0 aliphatic rings. The van der Waals surface area contributed by atoms with Crippen LogP contribution in [0, 0.1) is 0 Å². The van der Waals surface area contributed by atoms with E-state index in [4.69, 9.17) is 23.2 Å². The molecule has 21 heavy (non-hydrogen) atoms. The third kappa shape index (κ3) is 4.73. The fourth-order valence-corrected chi connectivity index (χ4v) is 3.03. The van der Waals surface area contributed by atoms with Crippen LogP contribution >= 0.6 is 23.2 Å². The first-order valence-electron chi connectivity index (χ1n) is 7.24. The highest BCUT2D eigenvalue weighted by Gasteiger charge is 2.14. The van der Waals surface area contributed by atoms with Crippen molar-refractivity contribution in [3.63, 3.8) is 0 Å². The van der Waals surface area contributed by atoms with Gasteiger partial charge in [0.1, 0.15) is 0 Å². The van der Waals surface area contributed by atoms with Crippen molar-refractivity contribution in [1.82, 2.24) is 15.1 Å². The van der Waals surface area contributed by atoms with E-state index in [2.05, 4.69) is 23.5 Å². The molecule has 1 aromatic carbocycles. The summed E-state index contributed by atoms with van der Waals surface area (Å²) in [6.45, 7) is 3.05. The average molecular weight is 326 g/mol. The molecule has 0 amide bonds. The summed E-state index contributed by atoms with van der Waals surface area (Å²) in [4.78, 5) is 0. The zero-order valence-electron chi connectivity index (χ0n) is 12.4. The van der Waals surface area contributed by atoms with Crippen molar-refractivity contribution in [1.29, 1.82) is 0 Å². The van der Waals surface area contributed by atoms with Crippen LogP contribution in [0.3, 0.4) is 0 Å². The maximum atomic E-state index is 6.27. The Labute approximate surface area is 136 Å². The average Bonchev–Trinajstić information content (AvgIpc) is 2.86. The molecule has 114 valence electrons. The molecular formula is C16H21Cl2N3. The Bertz CT molecular complexity index is 560. The SMILES string of the molecule is CCNC(CCc1cnn(C)c1)Cc1c(Cl)cccc1Cl. The second-order valence-corrected chi connectivity index (χ2v) is 6.03. The Balaban J connectivity index is 2.01. The van der Waals surface area contributed by atoms with Crippen molar-refractivity contribution in [2.75, 3.05) is 6.54 Å². The van der Waals surface area contributed by atoms with Gasteiger partial charge in [-0.3, -0.25) is 4.68 Å². The number of rotatable bonds is 7. The minimum atomic E-state index is 0.354. The standard InChI is InChI=1S/C16H21Cl2N3/c1-3-19-13(8-7-12-10-20-21(2)11-12)9-14-15(17)5-4-6-16(14)18/h4-6,10-11,13,19H,3,7-9H2,1-2H3. The van der Waals surface area contributed by atoms with Gasteiger partial charge >= 0.3 is 0 Å². The minimum Gasteiger partial charge on any atom is -0.314 e. The highest BCUT2D eigenvalue weighted by atomic mass is 35.5. The molecular weight excluding hydrogens is 305 g/mol. The summed E-state index contributed by atoms with van der Waals surface area (Å²) < 4.78 is 1.84.